The van der Waals surface area contributed by atoms with Crippen molar-refractivity contribution in [2.75, 3.05) is 18.0 Å². The summed E-state index contributed by atoms with van der Waals surface area (Å²) in [5.74, 6) is -1.19. The van der Waals surface area contributed by atoms with Crippen LogP contribution in [0.1, 0.15) is 35.7 Å². The van der Waals surface area contributed by atoms with Gasteiger partial charge in [0.25, 0.3) is 5.56 Å². The van der Waals surface area contributed by atoms with Crippen LogP contribution in [-0.4, -0.2) is 29.1 Å². The number of nitrogens with zero attached hydrogens (tertiary/aromatic N) is 1. The number of H-pyrrole nitrogens is 1. The number of aromatic amines is 1. The highest BCUT2D eigenvalue weighted by Gasteiger charge is 2.20. The number of para-hydroxylation sites is 1. The van der Waals surface area contributed by atoms with Gasteiger partial charge in [-0.25, -0.2) is 4.79 Å². The van der Waals surface area contributed by atoms with Gasteiger partial charge in [0.2, 0.25) is 0 Å². The van der Waals surface area contributed by atoms with Gasteiger partial charge in [-0.1, -0.05) is 25.1 Å². The molecule has 0 unspecified atom stereocenters. The first-order chi connectivity index (χ1) is 11.1. The van der Waals surface area contributed by atoms with E-state index in [0.29, 0.717) is 6.42 Å². The first kappa shape index (κ1) is 15.3. The molecular weight excluding hydrogens is 292 g/mol. The van der Waals surface area contributed by atoms with E-state index in [1.54, 1.807) is 0 Å². The molecule has 23 heavy (non-hydrogen) atoms. The Morgan fingerprint density at radius 3 is 2.61 bits per heavy atom. The fourth-order valence-corrected chi connectivity index (χ4v) is 3.17. The number of aryl methyl sites for hydroxylation is 1. The molecule has 5 heteroatoms. The molecule has 0 aliphatic carbocycles. The number of carboxylic acid groups (broad SMARTS) is 1. The summed E-state index contributed by atoms with van der Waals surface area (Å²) in [6.45, 7) is 3.98. The lowest BCUT2D eigenvalue weighted by Crippen LogP contribution is -2.21. The number of carbonyl (C=O) groups is 1. The number of benzene rings is 1. The predicted octanol–water partition coefficient (Wildman–Crippen LogP) is 2.90. The van der Waals surface area contributed by atoms with Gasteiger partial charge in [-0.05, 0) is 37.0 Å². The SMILES string of the molecule is CCc1cc(C(=O)O)c(=O)[nH]c1-c1ccccc1N1CCCC1. The summed E-state index contributed by atoms with van der Waals surface area (Å²) in [5, 5.41) is 9.15. The van der Waals surface area contributed by atoms with Crippen molar-refractivity contribution < 1.29 is 9.90 Å². The van der Waals surface area contributed by atoms with Crippen LogP contribution in [0.15, 0.2) is 35.1 Å². The molecule has 0 atom stereocenters. The van der Waals surface area contributed by atoms with Crippen LogP contribution in [0.4, 0.5) is 5.69 Å². The quantitative estimate of drug-likeness (QED) is 0.910. The van der Waals surface area contributed by atoms with Crippen molar-refractivity contribution in [1.29, 1.82) is 0 Å². The van der Waals surface area contributed by atoms with Crippen molar-refractivity contribution in [3.8, 4) is 11.3 Å². The van der Waals surface area contributed by atoms with Crippen LogP contribution in [0.5, 0.6) is 0 Å². The summed E-state index contributed by atoms with van der Waals surface area (Å²) in [6, 6.07) is 9.48. The van der Waals surface area contributed by atoms with E-state index >= 15 is 0 Å². The van der Waals surface area contributed by atoms with Gasteiger partial charge < -0.3 is 15.0 Å². The molecule has 1 aliphatic rings. The highest BCUT2D eigenvalue weighted by atomic mass is 16.4. The fourth-order valence-electron chi connectivity index (χ4n) is 3.17. The number of aromatic nitrogens is 1. The molecule has 0 saturated carbocycles. The topological polar surface area (TPSA) is 73.4 Å². The summed E-state index contributed by atoms with van der Waals surface area (Å²) < 4.78 is 0. The number of anilines is 1. The summed E-state index contributed by atoms with van der Waals surface area (Å²) in [7, 11) is 0. The molecule has 2 N–H and O–H groups in total. The molecule has 1 aliphatic heterocycles. The van der Waals surface area contributed by atoms with E-state index in [9.17, 15) is 9.59 Å². The standard InChI is InChI=1S/C18H20N2O3/c1-2-12-11-14(18(22)23)17(21)19-16(12)13-7-3-4-8-15(13)20-9-5-6-10-20/h3-4,7-8,11H,2,5-6,9-10H2,1H3,(H,19,21)(H,22,23). The van der Waals surface area contributed by atoms with Crippen LogP contribution in [0.3, 0.4) is 0 Å². The normalized spacial score (nSPS) is 14.2. The minimum Gasteiger partial charge on any atom is -0.477 e. The second-order valence-electron chi connectivity index (χ2n) is 5.78. The third kappa shape index (κ3) is 2.86. The molecule has 5 nitrogen and oxygen atoms in total. The van der Waals surface area contributed by atoms with Gasteiger partial charge in [-0.2, -0.15) is 0 Å². The lowest BCUT2D eigenvalue weighted by atomic mass is 10.00. The zero-order valence-corrected chi connectivity index (χ0v) is 13.1. The first-order valence-electron chi connectivity index (χ1n) is 7.95. The summed E-state index contributed by atoms with van der Waals surface area (Å²) in [5.41, 5.74) is 2.86. The van der Waals surface area contributed by atoms with Gasteiger partial charge in [0.15, 0.2) is 0 Å². The van der Waals surface area contributed by atoms with E-state index in [2.05, 4.69) is 16.0 Å². The molecule has 1 saturated heterocycles. The van der Waals surface area contributed by atoms with Crippen LogP contribution in [0.25, 0.3) is 11.3 Å². The van der Waals surface area contributed by atoms with Crippen molar-refractivity contribution >= 4 is 11.7 Å². The van der Waals surface area contributed by atoms with Crippen LogP contribution in [-0.2, 0) is 6.42 Å². The van der Waals surface area contributed by atoms with Gasteiger partial charge in [0.05, 0.1) is 5.69 Å². The highest BCUT2D eigenvalue weighted by Crippen LogP contribution is 2.33. The number of rotatable bonds is 4. The Balaban J connectivity index is 2.17. The number of nitrogens with one attached hydrogen (secondary N) is 1. The fraction of sp³-hybridized carbons (Fsp3) is 0.333. The zero-order chi connectivity index (χ0) is 16.4. The van der Waals surface area contributed by atoms with Crippen molar-refractivity contribution in [3.05, 3.63) is 51.8 Å². The molecule has 0 spiro atoms. The smallest absolute Gasteiger partial charge is 0.341 e. The second kappa shape index (κ2) is 6.28. The Morgan fingerprint density at radius 1 is 1.26 bits per heavy atom. The van der Waals surface area contributed by atoms with Gasteiger partial charge >= 0.3 is 5.97 Å². The molecule has 1 aromatic heterocycles. The zero-order valence-electron chi connectivity index (χ0n) is 13.1. The van der Waals surface area contributed by atoms with Gasteiger partial charge in [0, 0.05) is 24.3 Å². The lowest BCUT2D eigenvalue weighted by molar-refractivity contribution is 0.0695. The van der Waals surface area contributed by atoms with Crippen molar-refractivity contribution in [3.63, 3.8) is 0 Å². The second-order valence-corrected chi connectivity index (χ2v) is 5.78. The van der Waals surface area contributed by atoms with E-state index < -0.39 is 11.5 Å². The molecule has 2 heterocycles. The van der Waals surface area contributed by atoms with Crippen LogP contribution in [0.2, 0.25) is 0 Å². The minimum absolute atomic E-state index is 0.204. The monoisotopic (exact) mass is 312 g/mol. The lowest BCUT2D eigenvalue weighted by Gasteiger charge is -2.22. The Bertz CT molecular complexity index is 789. The average molecular weight is 312 g/mol. The molecular formula is C18H20N2O3. The highest BCUT2D eigenvalue weighted by molar-refractivity contribution is 5.88. The Morgan fingerprint density at radius 2 is 1.96 bits per heavy atom. The largest absolute Gasteiger partial charge is 0.477 e. The number of pyridine rings is 1. The molecule has 0 amide bonds. The van der Waals surface area contributed by atoms with Crippen molar-refractivity contribution in [2.45, 2.75) is 26.2 Å². The maximum absolute atomic E-state index is 12.1. The van der Waals surface area contributed by atoms with Gasteiger partial charge in [-0.3, -0.25) is 4.79 Å². The molecule has 0 bridgehead atoms. The molecule has 0 radical (unpaired) electrons. The van der Waals surface area contributed by atoms with E-state index in [-0.39, 0.29) is 5.56 Å². The predicted molar refractivity (Wildman–Crippen MR) is 90.3 cm³/mol. The molecule has 1 aromatic carbocycles. The molecule has 1 fully saturated rings. The van der Waals surface area contributed by atoms with Gasteiger partial charge in [0.1, 0.15) is 5.56 Å². The van der Waals surface area contributed by atoms with Crippen LogP contribution >= 0.6 is 0 Å². The van der Waals surface area contributed by atoms with E-state index in [0.717, 1.165) is 35.6 Å². The van der Waals surface area contributed by atoms with Crippen LogP contribution in [0, 0.1) is 0 Å². The van der Waals surface area contributed by atoms with E-state index in [1.807, 2.05) is 25.1 Å². The number of carboxylic acids is 1. The molecule has 120 valence electrons. The summed E-state index contributed by atoms with van der Waals surface area (Å²) in [4.78, 5) is 28.4. The third-order valence-electron chi connectivity index (χ3n) is 4.35. The number of hydrogen-bond donors (Lipinski definition) is 2. The molecule has 2 aromatic rings. The van der Waals surface area contributed by atoms with Gasteiger partial charge in [-0.15, -0.1) is 0 Å². The summed E-state index contributed by atoms with van der Waals surface area (Å²) >= 11 is 0. The van der Waals surface area contributed by atoms with Crippen molar-refractivity contribution in [2.24, 2.45) is 0 Å². The minimum atomic E-state index is -1.19. The number of hydrogen-bond acceptors (Lipinski definition) is 3. The average Bonchev–Trinajstić information content (AvgIpc) is 3.08. The van der Waals surface area contributed by atoms with E-state index in [4.69, 9.17) is 5.11 Å². The first-order valence-corrected chi connectivity index (χ1v) is 7.95. The maximum Gasteiger partial charge on any atom is 0.341 e. The summed E-state index contributed by atoms with van der Waals surface area (Å²) in [6.07, 6.45) is 2.99. The van der Waals surface area contributed by atoms with Crippen LogP contribution < -0.4 is 10.5 Å². The maximum atomic E-state index is 12.1. The Kier molecular flexibility index (Phi) is 4.19. The Hall–Kier alpha value is -2.56. The van der Waals surface area contributed by atoms with E-state index in [1.165, 1.54) is 18.9 Å². The number of aromatic carboxylic acids is 1. The van der Waals surface area contributed by atoms with Crippen molar-refractivity contribution in [1.82, 2.24) is 4.98 Å². The Labute approximate surface area is 134 Å². The third-order valence-corrected chi connectivity index (χ3v) is 4.35. The molecule has 3 rings (SSSR count).